The van der Waals surface area contributed by atoms with Gasteiger partial charge in [-0.15, -0.1) is 0 Å². The molecule has 1 N–H and O–H groups in total. The van der Waals surface area contributed by atoms with Gasteiger partial charge in [0, 0.05) is 18.0 Å². The van der Waals surface area contributed by atoms with Gasteiger partial charge in [0.05, 0.1) is 17.2 Å². The largest absolute Gasteiger partial charge is 0.347 e. The molecule has 5 heteroatoms. The highest BCUT2D eigenvalue weighted by Crippen LogP contribution is 2.08. The van der Waals surface area contributed by atoms with E-state index in [2.05, 4.69) is 15.1 Å². The number of imidazole rings is 1. The molecule has 3 aromatic rings. The Morgan fingerprint density at radius 3 is 2.94 bits per heavy atom. The molecule has 0 atom stereocenters. The standard InChI is InChI=1S/C13H10N4O/c18-13-16-11-5-1-2-6-12(11)17(13)15-9-10-4-3-7-14-8-10/h1-9H,(H,16,18)/b15-9-. The molecular weight excluding hydrogens is 228 g/mol. The van der Waals surface area contributed by atoms with Crippen molar-refractivity contribution >= 4 is 17.2 Å². The van der Waals surface area contributed by atoms with Crippen LogP contribution in [0.25, 0.3) is 11.0 Å². The van der Waals surface area contributed by atoms with Gasteiger partial charge in [-0.05, 0) is 18.2 Å². The van der Waals surface area contributed by atoms with Gasteiger partial charge in [-0.1, -0.05) is 18.2 Å². The van der Waals surface area contributed by atoms with E-state index in [0.717, 1.165) is 16.6 Å². The summed E-state index contributed by atoms with van der Waals surface area (Å²) < 4.78 is 1.34. The minimum atomic E-state index is -0.253. The Hall–Kier alpha value is -2.69. The number of H-pyrrole nitrogens is 1. The SMILES string of the molecule is O=c1[nH]c2ccccc2n1/N=C\c1cccnc1. The van der Waals surface area contributed by atoms with Crippen molar-refractivity contribution in [2.75, 3.05) is 0 Å². The molecule has 0 fully saturated rings. The van der Waals surface area contributed by atoms with Crippen molar-refractivity contribution in [3.05, 3.63) is 64.8 Å². The first-order valence-corrected chi connectivity index (χ1v) is 5.49. The number of aromatic amines is 1. The highest BCUT2D eigenvalue weighted by Gasteiger charge is 2.03. The lowest BCUT2D eigenvalue weighted by Crippen LogP contribution is -2.12. The van der Waals surface area contributed by atoms with Gasteiger partial charge >= 0.3 is 5.69 Å². The number of para-hydroxylation sites is 2. The fourth-order valence-electron chi connectivity index (χ4n) is 1.73. The van der Waals surface area contributed by atoms with Crippen molar-refractivity contribution in [2.24, 2.45) is 5.10 Å². The van der Waals surface area contributed by atoms with Crippen molar-refractivity contribution in [1.82, 2.24) is 14.6 Å². The average Bonchev–Trinajstić information content (AvgIpc) is 2.73. The van der Waals surface area contributed by atoms with Gasteiger partial charge in [-0.25, -0.2) is 4.79 Å². The minimum Gasteiger partial charge on any atom is -0.304 e. The van der Waals surface area contributed by atoms with Crippen LogP contribution in [-0.2, 0) is 0 Å². The van der Waals surface area contributed by atoms with Gasteiger partial charge < -0.3 is 4.98 Å². The third-order valence-corrected chi connectivity index (χ3v) is 2.57. The molecule has 0 spiro atoms. The lowest BCUT2D eigenvalue weighted by Gasteiger charge is -1.94. The second kappa shape index (κ2) is 4.29. The summed E-state index contributed by atoms with van der Waals surface area (Å²) in [5.41, 5.74) is 2.11. The molecule has 88 valence electrons. The summed E-state index contributed by atoms with van der Waals surface area (Å²) in [6.45, 7) is 0. The van der Waals surface area contributed by atoms with Crippen LogP contribution in [0.1, 0.15) is 5.56 Å². The zero-order valence-corrected chi connectivity index (χ0v) is 9.45. The van der Waals surface area contributed by atoms with Crippen LogP contribution in [0, 0.1) is 0 Å². The molecule has 2 aromatic heterocycles. The molecule has 0 saturated heterocycles. The molecule has 0 unspecified atom stereocenters. The molecule has 0 aliphatic carbocycles. The number of benzene rings is 1. The number of hydrogen-bond acceptors (Lipinski definition) is 3. The van der Waals surface area contributed by atoms with Crippen molar-refractivity contribution in [3.63, 3.8) is 0 Å². The maximum atomic E-state index is 11.7. The van der Waals surface area contributed by atoms with Crippen LogP contribution in [0.4, 0.5) is 0 Å². The molecule has 18 heavy (non-hydrogen) atoms. The van der Waals surface area contributed by atoms with E-state index in [1.165, 1.54) is 4.68 Å². The summed E-state index contributed by atoms with van der Waals surface area (Å²) in [5, 5.41) is 4.17. The number of pyridine rings is 1. The Labute approximate surface area is 102 Å². The molecular formula is C13H10N4O. The van der Waals surface area contributed by atoms with Crippen molar-refractivity contribution in [3.8, 4) is 0 Å². The molecule has 2 heterocycles. The maximum absolute atomic E-state index is 11.7. The van der Waals surface area contributed by atoms with E-state index in [-0.39, 0.29) is 5.69 Å². The highest BCUT2D eigenvalue weighted by molar-refractivity contribution is 5.80. The normalized spacial score (nSPS) is 11.3. The van der Waals surface area contributed by atoms with Crippen LogP contribution < -0.4 is 5.69 Å². The first-order valence-electron chi connectivity index (χ1n) is 5.49. The smallest absolute Gasteiger partial charge is 0.304 e. The molecule has 0 aliphatic rings. The van der Waals surface area contributed by atoms with Gasteiger partial charge in [0.25, 0.3) is 0 Å². The van der Waals surface area contributed by atoms with E-state index in [4.69, 9.17) is 0 Å². The number of nitrogens with one attached hydrogen (secondary N) is 1. The summed E-state index contributed by atoms with van der Waals surface area (Å²) >= 11 is 0. The molecule has 0 amide bonds. The third-order valence-electron chi connectivity index (χ3n) is 2.57. The Kier molecular flexibility index (Phi) is 2.49. The topological polar surface area (TPSA) is 63.0 Å². The van der Waals surface area contributed by atoms with Gasteiger partial charge in [-0.2, -0.15) is 9.78 Å². The quantitative estimate of drug-likeness (QED) is 0.689. The molecule has 0 aliphatic heterocycles. The van der Waals surface area contributed by atoms with Gasteiger partial charge in [-0.3, -0.25) is 4.98 Å². The van der Waals surface area contributed by atoms with Crippen LogP contribution in [0.3, 0.4) is 0 Å². The first-order chi connectivity index (χ1) is 8.84. The first kappa shape index (κ1) is 10.5. The van der Waals surface area contributed by atoms with E-state index in [0.29, 0.717) is 0 Å². The number of aromatic nitrogens is 3. The summed E-state index contributed by atoms with van der Waals surface area (Å²) in [5.74, 6) is 0. The molecule has 3 rings (SSSR count). The van der Waals surface area contributed by atoms with Crippen LogP contribution in [0.15, 0.2) is 58.7 Å². The van der Waals surface area contributed by atoms with Crippen LogP contribution >= 0.6 is 0 Å². The second-order valence-electron chi connectivity index (χ2n) is 3.79. The summed E-state index contributed by atoms with van der Waals surface area (Å²) in [6, 6.07) is 11.1. The lowest BCUT2D eigenvalue weighted by molar-refractivity contribution is 0.863. The molecule has 1 aromatic carbocycles. The summed E-state index contributed by atoms with van der Waals surface area (Å²) in [6.07, 6.45) is 4.98. The molecule has 0 radical (unpaired) electrons. The Bertz CT molecular complexity index is 755. The van der Waals surface area contributed by atoms with Crippen molar-refractivity contribution < 1.29 is 0 Å². The lowest BCUT2D eigenvalue weighted by atomic mass is 10.3. The van der Waals surface area contributed by atoms with E-state index < -0.39 is 0 Å². The predicted molar refractivity (Wildman–Crippen MR) is 69.8 cm³/mol. The van der Waals surface area contributed by atoms with E-state index >= 15 is 0 Å². The van der Waals surface area contributed by atoms with Crippen molar-refractivity contribution in [1.29, 1.82) is 0 Å². The molecule has 0 bridgehead atoms. The van der Waals surface area contributed by atoms with E-state index in [9.17, 15) is 4.79 Å². The van der Waals surface area contributed by atoms with Gasteiger partial charge in [0.2, 0.25) is 0 Å². The zero-order chi connectivity index (χ0) is 12.4. The third kappa shape index (κ3) is 1.82. The number of hydrogen-bond donors (Lipinski definition) is 1. The minimum absolute atomic E-state index is 0.253. The van der Waals surface area contributed by atoms with Crippen LogP contribution in [0.2, 0.25) is 0 Å². The Balaban J connectivity index is 2.08. The van der Waals surface area contributed by atoms with Crippen LogP contribution in [-0.4, -0.2) is 20.9 Å². The predicted octanol–water partition coefficient (Wildman–Crippen LogP) is 1.61. The van der Waals surface area contributed by atoms with Gasteiger partial charge in [0.15, 0.2) is 0 Å². The van der Waals surface area contributed by atoms with Crippen molar-refractivity contribution in [2.45, 2.75) is 0 Å². The number of fused-ring (bicyclic) bond motifs is 1. The number of nitrogens with zero attached hydrogens (tertiary/aromatic N) is 3. The fraction of sp³-hybridized carbons (Fsp3) is 0. The maximum Gasteiger partial charge on any atom is 0.347 e. The molecule has 5 nitrogen and oxygen atoms in total. The zero-order valence-electron chi connectivity index (χ0n) is 9.45. The summed E-state index contributed by atoms with van der Waals surface area (Å²) in [7, 11) is 0. The van der Waals surface area contributed by atoms with E-state index in [1.807, 2.05) is 36.4 Å². The van der Waals surface area contributed by atoms with Gasteiger partial charge in [0.1, 0.15) is 0 Å². The Morgan fingerprint density at radius 1 is 1.22 bits per heavy atom. The molecule has 0 saturated carbocycles. The van der Waals surface area contributed by atoms with Crippen LogP contribution in [0.5, 0.6) is 0 Å². The second-order valence-corrected chi connectivity index (χ2v) is 3.79. The monoisotopic (exact) mass is 238 g/mol. The summed E-state index contributed by atoms with van der Waals surface area (Å²) in [4.78, 5) is 18.5. The Morgan fingerprint density at radius 2 is 2.11 bits per heavy atom. The van der Waals surface area contributed by atoms with E-state index in [1.54, 1.807) is 18.6 Å². The highest BCUT2D eigenvalue weighted by atomic mass is 16.2. The fourth-order valence-corrected chi connectivity index (χ4v) is 1.73. The number of rotatable bonds is 2. The average molecular weight is 238 g/mol.